The fraction of sp³-hybridized carbons (Fsp3) is 0.344. The Morgan fingerprint density at radius 2 is 1.44 bits per heavy atom. The van der Waals surface area contributed by atoms with Crippen LogP contribution in [0.4, 0.5) is 10.5 Å². The molecule has 1 aromatic carbocycles. The molecule has 0 heterocycles. The zero-order valence-electron chi connectivity index (χ0n) is 24.1. The van der Waals surface area contributed by atoms with Gasteiger partial charge in [0.2, 0.25) is 11.8 Å². The molecule has 9 heteroatoms. The summed E-state index contributed by atoms with van der Waals surface area (Å²) in [6.45, 7) is 8.48. The number of anilines is 1. The number of carbonyl (C=O) groups is 3. The number of rotatable bonds is 8. The molecule has 0 unspecified atom stereocenters. The largest absolute Gasteiger partial charge is 2.00 e. The van der Waals surface area contributed by atoms with Gasteiger partial charge < -0.3 is 25.8 Å². The Hall–Kier alpha value is -2.53. The normalized spacial score (nSPS) is 15.7. The zero-order valence-corrected chi connectivity index (χ0v) is 25.2. The third kappa shape index (κ3) is 13.3. The van der Waals surface area contributed by atoms with Crippen molar-refractivity contribution >= 4 is 23.6 Å². The Kier molecular flexibility index (Phi) is 16.1. The van der Waals surface area contributed by atoms with E-state index in [1.54, 1.807) is 57.9 Å². The smallest absolute Gasteiger partial charge is 0.444 e. The van der Waals surface area contributed by atoms with Gasteiger partial charge in [-0.3, -0.25) is 9.59 Å². The van der Waals surface area contributed by atoms with Crippen LogP contribution in [0.15, 0.2) is 24.3 Å². The predicted molar refractivity (Wildman–Crippen MR) is 156 cm³/mol. The number of alkyl carbamates (subject to hydrolysis) is 1. The van der Waals surface area contributed by atoms with Crippen LogP contribution in [0.5, 0.6) is 0 Å². The minimum Gasteiger partial charge on any atom is -0.444 e. The monoisotopic (exact) mass is 601 g/mol. The predicted octanol–water partition coefficient (Wildman–Crippen LogP) is 3.96. The summed E-state index contributed by atoms with van der Waals surface area (Å²) in [5, 5.41) is 17.6. The van der Waals surface area contributed by atoms with Gasteiger partial charge in [0.15, 0.2) is 0 Å². The molecular formula is C32H39FeN3O5+2. The van der Waals surface area contributed by atoms with Crippen molar-refractivity contribution in [3.63, 3.8) is 0 Å². The molecule has 0 aromatic heterocycles. The number of aliphatic hydroxyl groups excluding tert-OH is 1. The van der Waals surface area contributed by atoms with E-state index in [0.717, 1.165) is 0 Å². The first-order chi connectivity index (χ1) is 19.0. The van der Waals surface area contributed by atoms with Crippen LogP contribution in [0.25, 0.3) is 0 Å². The van der Waals surface area contributed by atoms with E-state index in [4.69, 9.17) is 4.74 Å². The maximum atomic E-state index is 12.5. The molecule has 0 saturated heterocycles. The van der Waals surface area contributed by atoms with Crippen molar-refractivity contribution in [2.45, 2.75) is 64.6 Å². The minimum absolute atomic E-state index is 0. The number of benzene rings is 1. The van der Waals surface area contributed by atoms with Gasteiger partial charge in [-0.2, -0.15) is 0 Å². The Morgan fingerprint density at radius 1 is 0.902 bits per heavy atom. The van der Waals surface area contributed by atoms with Crippen molar-refractivity contribution < 1.29 is 41.3 Å². The van der Waals surface area contributed by atoms with Gasteiger partial charge in [-0.05, 0) is 116 Å². The number of aliphatic hydroxyl groups is 1. The van der Waals surface area contributed by atoms with Crippen molar-refractivity contribution in [2.24, 2.45) is 0 Å². The molecule has 2 aliphatic carbocycles. The van der Waals surface area contributed by atoms with Crippen LogP contribution in [-0.4, -0.2) is 46.8 Å². The second-order valence-corrected chi connectivity index (χ2v) is 10.1. The van der Waals surface area contributed by atoms with Crippen molar-refractivity contribution in [3.05, 3.63) is 93.5 Å². The summed E-state index contributed by atoms with van der Waals surface area (Å²) in [4.78, 5) is 36.9. The summed E-state index contributed by atoms with van der Waals surface area (Å²) < 4.78 is 5.12. The number of amides is 3. The standard InChI is InChI=1S/C27H34N3O5.C5H5.Fe/c1-6-27(7-2,30-23(32)20-10-8-9-11-20)17-16-19-12-14-21(15-13-19)28-24(33)22(18-31)29-25(34)35-26(3,4)5;1-2-4-5-3-1;/h8-15,22,31H,6-7,18H2,1-5H3,(H,28,33)(H,29,34)(H,30,32);1-5H;/q;;+2/t22-;;/m0../s1. The Bertz CT molecular complexity index is 1000. The SMILES string of the molecule is CCC(C#Cc1ccc(NC(=O)[C@H](CO)NC(=O)OC(C)(C)C)cc1)(CC)NC(=O)[C]1[CH][CH][CH][CH]1.[CH]1[CH][CH][CH][CH]1.[Fe+2]. The first-order valence-corrected chi connectivity index (χ1v) is 13.3. The third-order valence-corrected chi connectivity index (χ3v) is 5.83. The van der Waals surface area contributed by atoms with Gasteiger partial charge in [0, 0.05) is 11.3 Å². The van der Waals surface area contributed by atoms with Gasteiger partial charge in [0.1, 0.15) is 17.2 Å². The fourth-order valence-corrected chi connectivity index (χ4v) is 3.47. The van der Waals surface area contributed by atoms with Gasteiger partial charge in [0.05, 0.1) is 12.5 Å². The van der Waals surface area contributed by atoms with Gasteiger partial charge >= 0.3 is 23.2 Å². The molecule has 3 rings (SSSR count). The molecule has 2 fully saturated rings. The third-order valence-electron chi connectivity index (χ3n) is 5.83. The molecule has 4 N–H and O–H groups in total. The molecule has 1 aromatic rings. The van der Waals surface area contributed by atoms with Crippen molar-refractivity contribution in [1.29, 1.82) is 0 Å². The molecule has 3 amide bonds. The summed E-state index contributed by atoms with van der Waals surface area (Å²) in [6.07, 6.45) is 17.6. The van der Waals surface area contributed by atoms with Gasteiger partial charge in [0.25, 0.3) is 0 Å². The van der Waals surface area contributed by atoms with Crippen LogP contribution in [0, 0.1) is 75.5 Å². The molecule has 218 valence electrons. The molecule has 8 nitrogen and oxygen atoms in total. The van der Waals surface area contributed by atoms with E-state index >= 15 is 0 Å². The molecule has 10 radical (unpaired) electrons. The molecular weight excluding hydrogens is 562 g/mol. The number of ether oxygens (including phenoxy) is 1. The summed E-state index contributed by atoms with van der Waals surface area (Å²) in [5.74, 6) is 6.17. The average Bonchev–Trinajstić information content (AvgIpc) is 3.67. The van der Waals surface area contributed by atoms with Crippen molar-refractivity contribution in [2.75, 3.05) is 11.9 Å². The summed E-state index contributed by atoms with van der Waals surface area (Å²) in [7, 11) is 0. The van der Waals surface area contributed by atoms with Crippen LogP contribution in [0.1, 0.15) is 53.0 Å². The summed E-state index contributed by atoms with van der Waals surface area (Å²) in [5.41, 5.74) is -0.200. The molecule has 2 saturated carbocycles. The first kappa shape index (κ1) is 36.5. The van der Waals surface area contributed by atoms with Crippen LogP contribution < -0.4 is 16.0 Å². The molecule has 41 heavy (non-hydrogen) atoms. The van der Waals surface area contributed by atoms with E-state index in [-0.39, 0.29) is 23.0 Å². The van der Waals surface area contributed by atoms with Crippen molar-refractivity contribution in [3.8, 4) is 11.8 Å². The molecule has 1 atom stereocenters. The van der Waals surface area contributed by atoms with Crippen molar-refractivity contribution in [1.82, 2.24) is 10.6 Å². The van der Waals surface area contributed by atoms with Crippen LogP contribution in [-0.2, 0) is 31.4 Å². The van der Waals surface area contributed by atoms with E-state index in [1.807, 2.05) is 58.8 Å². The number of nitrogens with one attached hydrogen (secondary N) is 3. The van der Waals surface area contributed by atoms with E-state index in [0.29, 0.717) is 30.0 Å². The maximum absolute atomic E-state index is 12.5. The van der Waals surface area contributed by atoms with E-state index in [9.17, 15) is 19.5 Å². The van der Waals surface area contributed by atoms with E-state index in [1.165, 1.54) is 0 Å². The second kappa shape index (κ2) is 18.1. The second-order valence-electron chi connectivity index (χ2n) is 10.1. The van der Waals surface area contributed by atoms with E-state index < -0.39 is 35.8 Å². The first-order valence-electron chi connectivity index (χ1n) is 13.3. The topological polar surface area (TPSA) is 117 Å². The quantitative estimate of drug-likeness (QED) is 0.266. The van der Waals surface area contributed by atoms with Gasteiger partial charge in [-0.25, -0.2) is 4.79 Å². The Balaban J connectivity index is 0.00000126. The summed E-state index contributed by atoms with van der Waals surface area (Å²) in [6, 6.07) is 5.67. The minimum atomic E-state index is -1.16. The number of carbonyl (C=O) groups excluding carboxylic acids is 3. The Morgan fingerprint density at radius 3 is 1.90 bits per heavy atom. The van der Waals surface area contributed by atoms with E-state index in [2.05, 4.69) is 27.8 Å². The van der Waals surface area contributed by atoms with Gasteiger partial charge in [-0.15, -0.1) is 0 Å². The zero-order chi connectivity index (χ0) is 29.6. The van der Waals surface area contributed by atoms with Crippen LogP contribution in [0.3, 0.4) is 0 Å². The van der Waals surface area contributed by atoms with Gasteiger partial charge in [-0.1, -0.05) is 25.7 Å². The summed E-state index contributed by atoms with van der Waals surface area (Å²) >= 11 is 0. The molecule has 0 bridgehead atoms. The van der Waals surface area contributed by atoms with Crippen LogP contribution in [0.2, 0.25) is 0 Å². The average molecular weight is 602 g/mol. The molecule has 0 aliphatic heterocycles. The number of hydrogen-bond donors (Lipinski definition) is 4. The molecule has 0 spiro atoms. The molecule has 2 aliphatic rings. The number of hydrogen-bond acceptors (Lipinski definition) is 5. The fourth-order valence-electron chi connectivity index (χ4n) is 3.47. The maximum Gasteiger partial charge on any atom is 2.00 e. The Labute approximate surface area is 257 Å². The van der Waals surface area contributed by atoms with Crippen LogP contribution >= 0.6 is 0 Å².